The van der Waals surface area contributed by atoms with Crippen LogP contribution in [0, 0.1) is 12.8 Å². The Bertz CT molecular complexity index is 307. The van der Waals surface area contributed by atoms with Crippen molar-refractivity contribution in [2.24, 2.45) is 5.92 Å². The molecule has 1 aromatic rings. The van der Waals surface area contributed by atoms with E-state index in [2.05, 4.69) is 28.9 Å². The fourth-order valence-electron chi connectivity index (χ4n) is 1.27. The Kier molecular flexibility index (Phi) is 3.67. The van der Waals surface area contributed by atoms with Crippen molar-refractivity contribution < 1.29 is 4.79 Å². The fraction of sp³-hybridized carbons (Fsp3) is 0.364. The molecular weight excluding hydrogens is 228 g/mol. The molecule has 13 heavy (non-hydrogen) atoms. The van der Waals surface area contributed by atoms with Gasteiger partial charge in [0.05, 0.1) is 0 Å². The molecule has 0 aliphatic heterocycles. The number of aldehydes is 1. The summed E-state index contributed by atoms with van der Waals surface area (Å²) in [6.45, 7) is 4.00. The summed E-state index contributed by atoms with van der Waals surface area (Å²) in [5, 5.41) is 0. The minimum Gasteiger partial charge on any atom is -0.303 e. The van der Waals surface area contributed by atoms with E-state index < -0.39 is 0 Å². The smallest absolute Gasteiger partial charge is 0.123 e. The van der Waals surface area contributed by atoms with Crippen LogP contribution >= 0.6 is 15.9 Å². The minimum atomic E-state index is 0.105. The van der Waals surface area contributed by atoms with Gasteiger partial charge in [-0.15, -0.1) is 0 Å². The minimum absolute atomic E-state index is 0.105. The molecule has 0 heterocycles. The Balaban J connectivity index is 2.88. The lowest BCUT2D eigenvalue weighted by molar-refractivity contribution is -0.110. The Hall–Kier alpha value is -0.630. The molecule has 1 nitrogen and oxygen atoms in total. The van der Waals surface area contributed by atoms with Crippen LogP contribution in [0.4, 0.5) is 0 Å². The average Bonchev–Trinajstić information content (AvgIpc) is 2.13. The third-order valence-corrected chi connectivity index (χ3v) is 3.01. The van der Waals surface area contributed by atoms with Gasteiger partial charge in [-0.3, -0.25) is 0 Å². The summed E-state index contributed by atoms with van der Waals surface area (Å²) in [6.07, 6.45) is 1.83. The van der Waals surface area contributed by atoms with Crippen molar-refractivity contribution in [3.63, 3.8) is 0 Å². The second kappa shape index (κ2) is 4.56. The van der Waals surface area contributed by atoms with Crippen molar-refractivity contribution in [1.82, 2.24) is 0 Å². The van der Waals surface area contributed by atoms with E-state index in [1.54, 1.807) is 0 Å². The van der Waals surface area contributed by atoms with E-state index in [4.69, 9.17) is 0 Å². The van der Waals surface area contributed by atoms with E-state index >= 15 is 0 Å². The Labute approximate surface area is 87.3 Å². The first-order chi connectivity index (χ1) is 6.15. The molecule has 1 rings (SSSR count). The van der Waals surface area contributed by atoms with Gasteiger partial charge in [0, 0.05) is 10.4 Å². The molecule has 0 spiro atoms. The first-order valence-corrected chi connectivity index (χ1v) is 5.13. The number of rotatable bonds is 3. The molecule has 1 atom stereocenters. The second-order valence-corrected chi connectivity index (χ2v) is 4.20. The van der Waals surface area contributed by atoms with Crippen LogP contribution in [0.25, 0.3) is 0 Å². The normalized spacial score (nSPS) is 12.5. The van der Waals surface area contributed by atoms with Crippen molar-refractivity contribution in [3.05, 3.63) is 33.8 Å². The van der Waals surface area contributed by atoms with E-state index in [-0.39, 0.29) is 5.92 Å². The highest BCUT2D eigenvalue weighted by Gasteiger charge is 2.05. The largest absolute Gasteiger partial charge is 0.303 e. The molecule has 0 saturated carbocycles. The van der Waals surface area contributed by atoms with Gasteiger partial charge in [-0.1, -0.05) is 35.0 Å². The van der Waals surface area contributed by atoms with Crippen molar-refractivity contribution >= 4 is 22.2 Å². The van der Waals surface area contributed by atoms with Gasteiger partial charge in [0.15, 0.2) is 0 Å². The quantitative estimate of drug-likeness (QED) is 0.743. The van der Waals surface area contributed by atoms with Gasteiger partial charge in [0.1, 0.15) is 6.29 Å². The standard InChI is InChI=1S/C11H13BrO/c1-8(7-13)6-10-4-3-5-11(12)9(10)2/h3-5,7-8H,6H2,1-2H3. The third kappa shape index (κ3) is 2.66. The lowest BCUT2D eigenvalue weighted by Gasteiger charge is -2.08. The lowest BCUT2D eigenvalue weighted by Crippen LogP contribution is -2.02. The van der Waals surface area contributed by atoms with Gasteiger partial charge in [-0.25, -0.2) is 0 Å². The van der Waals surface area contributed by atoms with Crippen LogP contribution in [0.3, 0.4) is 0 Å². The summed E-state index contributed by atoms with van der Waals surface area (Å²) in [7, 11) is 0. The van der Waals surface area contributed by atoms with Gasteiger partial charge in [0.25, 0.3) is 0 Å². The maximum Gasteiger partial charge on any atom is 0.123 e. The zero-order chi connectivity index (χ0) is 9.84. The van der Waals surface area contributed by atoms with Crippen LogP contribution < -0.4 is 0 Å². The molecule has 0 fully saturated rings. The van der Waals surface area contributed by atoms with Gasteiger partial charge in [-0.2, -0.15) is 0 Å². The van der Waals surface area contributed by atoms with Gasteiger partial charge in [-0.05, 0) is 30.5 Å². The van der Waals surface area contributed by atoms with E-state index in [1.165, 1.54) is 11.1 Å². The number of carbonyl (C=O) groups is 1. The van der Waals surface area contributed by atoms with Gasteiger partial charge in [0.2, 0.25) is 0 Å². The molecular formula is C11H13BrO. The number of hydrogen-bond donors (Lipinski definition) is 0. The van der Waals surface area contributed by atoms with E-state index in [0.717, 1.165) is 17.2 Å². The van der Waals surface area contributed by atoms with Crippen molar-refractivity contribution in [1.29, 1.82) is 0 Å². The predicted molar refractivity (Wildman–Crippen MR) is 57.8 cm³/mol. The van der Waals surface area contributed by atoms with Crippen LogP contribution in [-0.4, -0.2) is 6.29 Å². The molecule has 0 saturated heterocycles. The van der Waals surface area contributed by atoms with E-state index in [0.29, 0.717) is 0 Å². The van der Waals surface area contributed by atoms with E-state index in [9.17, 15) is 4.79 Å². The zero-order valence-electron chi connectivity index (χ0n) is 7.88. The zero-order valence-corrected chi connectivity index (χ0v) is 9.47. The maximum absolute atomic E-state index is 10.5. The average molecular weight is 241 g/mol. The summed E-state index contributed by atoms with van der Waals surface area (Å²) in [4.78, 5) is 10.5. The Morgan fingerprint density at radius 2 is 2.23 bits per heavy atom. The topological polar surface area (TPSA) is 17.1 Å². The van der Waals surface area contributed by atoms with Gasteiger partial charge < -0.3 is 4.79 Å². The molecule has 0 aliphatic rings. The third-order valence-electron chi connectivity index (χ3n) is 2.15. The van der Waals surface area contributed by atoms with E-state index in [1.807, 2.05) is 19.1 Å². The molecule has 1 unspecified atom stereocenters. The van der Waals surface area contributed by atoms with Crippen molar-refractivity contribution in [2.45, 2.75) is 20.3 Å². The molecule has 0 radical (unpaired) electrons. The van der Waals surface area contributed by atoms with Crippen LogP contribution in [0.2, 0.25) is 0 Å². The molecule has 0 aliphatic carbocycles. The first-order valence-electron chi connectivity index (χ1n) is 4.34. The summed E-state index contributed by atoms with van der Waals surface area (Å²) in [6, 6.07) is 6.09. The molecule has 0 N–H and O–H groups in total. The lowest BCUT2D eigenvalue weighted by atomic mass is 9.99. The maximum atomic E-state index is 10.5. The highest BCUT2D eigenvalue weighted by molar-refractivity contribution is 9.10. The Morgan fingerprint density at radius 3 is 2.85 bits per heavy atom. The molecule has 0 bridgehead atoms. The highest BCUT2D eigenvalue weighted by atomic mass is 79.9. The SMILES string of the molecule is Cc1c(Br)cccc1CC(C)C=O. The monoisotopic (exact) mass is 240 g/mol. The van der Waals surface area contributed by atoms with Crippen LogP contribution in [0.15, 0.2) is 22.7 Å². The molecule has 70 valence electrons. The van der Waals surface area contributed by atoms with Crippen LogP contribution in [0.1, 0.15) is 18.1 Å². The van der Waals surface area contributed by atoms with Crippen LogP contribution in [0.5, 0.6) is 0 Å². The molecule has 1 aromatic carbocycles. The number of hydrogen-bond acceptors (Lipinski definition) is 1. The second-order valence-electron chi connectivity index (χ2n) is 3.34. The van der Waals surface area contributed by atoms with Crippen molar-refractivity contribution in [2.75, 3.05) is 0 Å². The summed E-state index contributed by atoms with van der Waals surface area (Å²) in [5.74, 6) is 0.105. The number of carbonyl (C=O) groups excluding carboxylic acids is 1. The summed E-state index contributed by atoms with van der Waals surface area (Å²) < 4.78 is 1.11. The molecule has 0 aromatic heterocycles. The number of halogens is 1. The van der Waals surface area contributed by atoms with Crippen molar-refractivity contribution in [3.8, 4) is 0 Å². The van der Waals surface area contributed by atoms with Gasteiger partial charge >= 0.3 is 0 Å². The number of benzene rings is 1. The summed E-state index contributed by atoms with van der Waals surface area (Å²) >= 11 is 3.47. The Morgan fingerprint density at radius 1 is 1.54 bits per heavy atom. The summed E-state index contributed by atoms with van der Waals surface area (Å²) in [5.41, 5.74) is 2.48. The first kappa shape index (κ1) is 10.5. The fourth-order valence-corrected chi connectivity index (χ4v) is 1.68. The molecule has 2 heteroatoms. The highest BCUT2D eigenvalue weighted by Crippen LogP contribution is 2.21. The molecule has 0 amide bonds. The van der Waals surface area contributed by atoms with Crippen LogP contribution in [-0.2, 0) is 11.2 Å². The predicted octanol–water partition coefficient (Wildman–Crippen LogP) is 3.14.